The fraction of sp³-hybridized carbons (Fsp3) is 0.280. The highest BCUT2D eigenvalue weighted by Gasteiger charge is 2.26. The molecule has 10 nitrogen and oxygen atoms in total. The number of hydrogen-bond acceptors (Lipinski definition) is 6. The first-order valence-electron chi connectivity index (χ1n) is 11.3. The van der Waals surface area contributed by atoms with E-state index in [0.29, 0.717) is 0 Å². The Balaban J connectivity index is 1.70. The zero-order chi connectivity index (χ0) is 26.1. The van der Waals surface area contributed by atoms with Gasteiger partial charge in [0.05, 0.1) is 12.6 Å². The number of aliphatic carboxylic acids is 1. The van der Waals surface area contributed by atoms with Gasteiger partial charge >= 0.3 is 5.97 Å². The maximum Gasteiger partial charge on any atom is 0.327 e. The fourth-order valence-corrected chi connectivity index (χ4v) is 3.94. The van der Waals surface area contributed by atoms with Crippen LogP contribution in [0.1, 0.15) is 11.1 Å². The van der Waals surface area contributed by atoms with E-state index in [9.17, 15) is 19.2 Å². The molecule has 0 aliphatic rings. The Bertz CT molecular complexity index is 1220. The second kappa shape index (κ2) is 12.8. The molecule has 3 rings (SSSR count). The number of aromatic amines is 1. The Morgan fingerprint density at radius 1 is 0.917 bits per heavy atom. The molecule has 0 aliphatic carbocycles. The van der Waals surface area contributed by atoms with E-state index in [1.54, 1.807) is 6.20 Å². The first kappa shape index (κ1) is 26.8. The standard InChI is InChI=1S/C25H29N5O5S/c26-18(10-15-6-2-1-3-7-15)23(32)30-20(11-16-12-27-19-9-5-4-8-17(16)19)24(33)28-13-22(31)29-21(14-36)25(34)35/h1-9,12,18,20-21,27,36H,10-11,13-14,26H2,(H,28,33)(H,29,31)(H,30,32)(H,34,35). The van der Waals surface area contributed by atoms with Crippen LogP contribution in [0, 0.1) is 0 Å². The van der Waals surface area contributed by atoms with Gasteiger partial charge in [0.2, 0.25) is 17.7 Å². The normalized spacial score (nSPS) is 13.4. The average Bonchev–Trinajstić information content (AvgIpc) is 3.28. The second-order valence-corrected chi connectivity index (χ2v) is 8.64. The van der Waals surface area contributed by atoms with Crippen LogP contribution in [-0.2, 0) is 32.0 Å². The van der Waals surface area contributed by atoms with Crippen molar-refractivity contribution in [1.29, 1.82) is 0 Å². The van der Waals surface area contributed by atoms with E-state index in [-0.39, 0.29) is 18.6 Å². The van der Waals surface area contributed by atoms with Crippen LogP contribution in [0.15, 0.2) is 60.8 Å². The molecule has 7 N–H and O–H groups in total. The van der Waals surface area contributed by atoms with E-state index < -0.39 is 48.4 Å². The summed E-state index contributed by atoms with van der Waals surface area (Å²) < 4.78 is 0. The summed E-state index contributed by atoms with van der Waals surface area (Å²) in [5.41, 5.74) is 8.67. The van der Waals surface area contributed by atoms with Crippen molar-refractivity contribution in [2.24, 2.45) is 5.73 Å². The summed E-state index contributed by atoms with van der Waals surface area (Å²) in [6.45, 7) is -0.466. The van der Waals surface area contributed by atoms with Gasteiger partial charge in [-0.1, -0.05) is 48.5 Å². The number of hydrogen-bond donors (Lipinski definition) is 7. The third-order valence-electron chi connectivity index (χ3n) is 5.61. The largest absolute Gasteiger partial charge is 0.480 e. The van der Waals surface area contributed by atoms with Gasteiger partial charge in [0.1, 0.15) is 12.1 Å². The number of nitrogens with two attached hydrogens (primary N) is 1. The maximum atomic E-state index is 13.0. The monoisotopic (exact) mass is 511 g/mol. The predicted molar refractivity (Wildman–Crippen MR) is 138 cm³/mol. The highest BCUT2D eigenvalue weighted by Crippen LogP contribution is 2.19. The van der Waals surface area contributed by atoms with Crippen molar-refractivity contribution in [3.8, 4) is 0 Å². The summed E-state index contributed by atoms with van der Waals surface area (Å²) in [5, 5.41) is 17.4. The smallest absolute Gasteiger partial charge is 0.327 e. The maximum absolute atomic E-state index is 13.0. The highest BCUT2D eigenvalue weighted by atomic mass is 32.1. The molecule has 0 saturated heterocycles. The van der Waals surface area contributed by atoms with Gasteiger partial charge in [-0.3, -0.25) is 14.4 Å². The molecule has 0 aliphatic heterocycles. The van der Waals surface area contributed by atoms with Crippen LogP contribution >= 0.6 is 12.6 Å². The molecule has 3 amide bonds. The van der Waals surface area contributed by atoms with Crippen molar-refractivity contribution in [3.63, 3.8) is 0 Å². The van der Waals surface area contributed by atoms with Crippen LogP contribution in [-0.4, -0.2) is 64.2 Å². The molecule has 1 heterocycles. The van der Waals surface area contributed by atoms with Crippen LogP contribution in [0.25, 0.3) is 10.9 Å². The van der Waals surface area contributed by atoms with Crippen molar-refractivity contribution in [2.45, 2.75) is 31.0 Å². The van der Waals surface area contributed by atoms with Gasteiger partial charge < -0.3 is 31.8 Å². The molecule has 3 aromatic rings. The van der Waals surface area contributed by atoms with Gasteiger partial charge in [0.15, 0.2) is 0 Å². The minimum Gasteiger partial charge on any atom is -0.480 e. The first-order chi connectivity index (χ1) is 17.3. The Labute approximate surface area is 213 Å². The van der Waals surface area contributed by atoms with Gasteiger partial charge in [-0.05, 0) is 23.6 Å². The van der Waals surface area contributed by atoms with Crippen LogP contribution in [0.3, 0.4) is 0 Å². The third kappa shape index (κ3) is 7.33. The van der Waals surface area contributed by atoms with Gasteiger partial charge in [-0.2, -0.15) is 12.6 Å². The number of amides is 3. The topological polar surface area (TPSA) is 166 Å². The number of aromatic nitrogens is 1. The van der Waals surface area contributed by atoms with Gasteiger partial charge in [-0.15, -0.1) is 0 Å². The number of H-pyrrole nitrogens is 1. The average molecular weight is 512 g/mol. The molecule has 3 atom stereocenters. The van der Waals surface area contributed by atoms with E-state index in [0.717, 1.165) is 22.0 Å². The van der Waals surface area contributed by atoms with Gasteiger partial charge in [-0.25, -0.2) is 4.79 Å². The number of thiol groups is 1. The quantitative estimate of drug-likeness (QED) is 0.174. The zero-order valence-corrected chi connectivity index (χ0v) is 20.3. The Morgan fingerprint density at radius 2 is 1.61 bits per heavy atom. The van der Waals surface area contributed by atoms with Crippen molar-refractivity contribution < 1.29 is 24.3 Å². The van der Waals surface area contributed by atoms with Crippen molar-refractivity contribution in [3.05, 3.63) is 71.9 Å². The Kier molecular flexibility index (Phi) is 9.48. The minimum atomic E-state index is -1.23. The van der Waals surface area contributed by atoms with Crippen LogP contribution in [0.4, 0.5) is 0 Å². The van der Waals surface area contributed by atoms with Crippen LogP contribution < -0.4 is 21.7 Å². The summed E-state index contributed by atoms with van der Waals surface area (Å²) >= 11 is 3.90. The number of carboxylic acid groups (broad SMARTS) is 1. The predicted octanol–water partition coefficient (Wildman–Crippen LogP) is 0.381. The number of nitrogens with one attached hydrogen (secondary N) is 4. The molecule has 0 saturated carbocycles. The van der Waals surface area contributed by atoms with Crippen molar-refractivity contribution >= 4 is 47.2 Å². The van der Waals surface area contributed by atoms with Crippen LogP contribution in [0.5, 0.6) is 0 Å². The Morgan fingerprint density at radius 3 is 2.31 bits per heavy atom. The molecule has 1 aromatic heterocycles. The Hall–Kier alpha value is -3.83. The summed E-state index contributed by atoms with van der Waals surface area (Å²) in [7, 11) is 0. The number of carbonyl (C=O) groups is 4. The van der Waals surface area contributed by atoms with E-state index in [4.69, 9.17) is 10.8 Å². The molecule has 0 radical (unpaired) electrons. The molecular formula is C25H29N5O5S. The molecule has 0 fully saturated rings. The van der Waals surface area contributed by atoms with E-state index in [2.05, 4.69) is 33.6 Å². The number of para-hydroxylation sites is 1. The summed E-state index contributed by atoms with van der Waals surface area (Å²) in [6.07, 6.45) is 2.20. The fourth-order valence-electron chi connectivity index (χ4n) is 3.69. The lowest BCUT2D eigenvalue weighted by molar-refractivity contribution is -0.141. The molecule has 2 aromatic carbocycles. The van der Waals surface area contributed by atoms with E-state index in [1.807, 2.05) is 54.6 Å². The summed E-state index contributed by atoms with van der Waals surface area (Å²) in [5.74, 6) is -3.14. The number of benzene rings is 2. The molecule has 0 bridgehead atoms. The van der Waals surface area contributed by atoms with Gasteiger partial charge in [0.25, 0.3) is 0 Å². The lowest BCUT2D eigenvalue weighted by atomic mass is 10.0. The summed E-state index contributed by atoms with van der Waals surface area (Å²) in [6, 6.07) is 13.7. The highest BCUT2D eigenvalue weighted by molar-refractivity contribution is 7.80. The SMILES string of the molecule is NC(Cc1ccccc1)C(=O)NC(Cc1c[nH]c2ccccc12)C(=O)NCC(=O)NC(CS)C(=O)O. The zero-order valence-electron chi connectivity index (χ0n) is 19.4. The van der Waals surface area contributed by atoms with E-state index in [1.165, 1.54) is 0 Å². The third-order valence-corrected chi connectivity index (χ3v) is 5.97. The minimum absolute atomic E-state index is 0.104. The number of carboxylic acids is 1. The van der Waals surface area contributed by atoms with Gasteiger partial charge in [0, 0.05) is 29.3 Å². The number of fused-ring (bicyclic) bond motifs is 1. The molecule has 36 heavy (non-hydrogen) atoms. The molecule has 3 unspecified atom stereocenters. The molecule has 190 valence electrons. The van der Waals surface area contributed by atoms with E-state index >= 15 is 0 Å². The lowest BCUT2D eigenvalue weighted by Gasteiger charge is -2.21. The van der Waals surface area contributed by atoms with Crippen molar-refractivity contribution in [1.82, 2.24) is 20.9 Å². The number of carbonyl (C=O) groups excluding carboxylic acids is 3. The molecule has 0 spiro atoms. The second-order valence-electron chi connectivity index (χ2n) is 8.28. The van der Waals surface area contributed by atoms with Crippen LogP contribution in [0.2, 0.25) is 0 Å². The summed E-state index contributed by atoms with van der Waals surface area (Å²) in [4.78, 5) is 52.3. The molecule has 11 heteroatoms. The lowest BCUT2D eigenvalue weighted by Crippen LogP contribution is -2.54. The van der Waals surface area contributed by atoms with Crippen molar-refractivity contribution in [2.75, 3.05) is 12.3 Å². The molecular weight excluding hydrogens is 482 g/mol. The number of rotatable bonds is 12. The first-order valence-corrected chi connectivity index (χ1v) is 12.0.